The summed E-state index contributed by atoms with van der Waals surface area (Å²) >= 11 is 0. The lowest BCUT2D eigenvalue weighted by Crippen LogP contribution is -2.41. The van der Waals surface area contributed by atoms with E-state index >= 15 is 0 Å². The lowest BCUT2D eigenvalue weighted by molar-refractivity contribution is -0.127. The molecule has 0 saturated heterocycles. The highest BCUT2D eigenvalue weighted by Crippen LogP contribution is 2.01. The second-order valence-electron chi connectivity index (χ2n) is 5.41. The third-order valence-electron chi connectivity index (χ3n) is 3.22. The van der Waals surface area contributed by atoms with Crippen LogP contribution in [0.15, 0.2) is 17.6 Å². The quantitative estimate of drug-likeness (QED) is 0.271. The van der Waals surface area contributed by atoms with Gasteiger partial charge < -0.3 is 19.9 Å². The first-order valence-electron chi connectivity index (χ1n) is 7.82. The molecule has 0 unspecified atom stereocenters. The first-order chi connectivity index (χ1) is 10.5. The summed E-state index contributed by atoms with van der Waals surface area (Å²) in [5.74, 6) is 0.737. The first-order valence-corrected chi connectivity index (χ1v) is 7.82. The Morgan fingerprint density at radius 1 is 1.27 bits per heavy atom. The predicted molar refractivity (Wildman–Crippen MR) is 92.2 cm³/mol. The molecular weight excluding hydrogens is 280 g/mol. The molecule has 1 N–H and O–H groups in total. The average Bonchev–Trinajstić information content (AvgIpc) is 2.49. The van der Waals surface area contributed by atoms with Gasteiger partial charge in [-0.05, 0) is 19.3 Å². The standard InChI is InChI=1S/C16H32N4O2/c1-6-7-8-9-10-12-20(4)16(17-11-13-22-5)18-14-15(21)19(2)3/h6H,1,7-14H2,2-5H3,(H,17,18). The van der Waals surface area contributed by atoms with Crippen LogP contribution in [0.4, 0.5) is 0 Å². The molecule has 0 fully saturated rings. The van der Waals surface area contributed by atoms with E-state index < -0.39 is 0 Å². The van der Waals surface area contributed by atoms with Gasteiger partial charge in [0, 0.05) is 41.3 Å². The van der Waals surface area contributed by atoms with Gasteiger partial charge in [0.05, 0.1) is 6.61 Å². The molecule has 0 radical (unpaired) electrons. The highest BCUT2D eigenvalue weighted by atomic mass is 16.5. The summed E-state index contributed by atoms with van der Waals surface area (Å²) < 4.78 is 5.04. The van der Waals surface area contributed by atoms with Crippen molar-refractivity contribution in [3.8, 4) is 0 Å². The van der Waals surface area contributed by atoms with E-state index in [1.807, 2.05) is 13.1 Å². The van der Waals surface area contributed by atoms with Gasteiger partial charge in [-0.25, -0.2) is 4.99 Å². The molecule has 0 aromatic rings. The van der Waals surface area contributed by atoms with Crippen LogP contribution >= 0.6 is 0 Å². The Morgan fingerprint density at radius 2 is 2.00 bits per heavy atom. The predicted octanol–water partition coefficient (Wildman–Crippen LogP) is 1.34. The van der Waals surface area contributed by atoms with Crippen LogP contribution in [-0.4, -0.2) is 76.2 Å². The van der Waals surface area contributed by atoms with Gasteiger partial charge in [0.15, 0.2) is 5.96 Å². The number of amides is 1. The molecule has 0 saturated carbocycles. The second-order valence-corrected chi connectivity index (χ2v) is 5.41. The number of hydrogen-bond donors (Lipinski definition) is 1. The number of carbonyl (C=O) groups is 1. The van der Waals surface area contributed by atoms with Crippen molar-refractivity contribution in [1.29, 1.82) is 0 Å². The topological polar surface area (TPSA) is 57.2 Å². The molecule has 0 aliphatic carbocycles. The summed E-state index contributed by atoms with van der Waals surface area (Å²) in [5.41, 5.74) is 0. The van der Waals surface area contributed by atoms with Crippen LogP contribution in [0.25, 0.3) is 0 Å². The molecule has 0 rings (SSSR count). The van der Waals surface area contributed by atoms with E-state index in [1.165, 1.54) is 12.8 Å². The molecule has 128 valence electrons. The molecule has 0 heterocycles. The number of methoxy groups -OCH3 is 1. The number of guanidine groups is 1. The number of ether oxygens (including phenoxy) is 1. The molecule has 1 amide bonds. The Balaban J connectivity index is 4.38. The molecule has 0 aliphatic heterocycles. The maximum Gasteiger partial charge on any atom is 0.243 e. The molecule has 0 aromatic heterocycles. The fourth-order valence-electron chi connectivity index (χ4n) is 1.78. The number of nitrogens with zero attached hydrogens (tertiary/aromatic N) is 3. The van der Waals surface area contributed by atoms with Gasteiger partial charge in [-0.2, -0.15) is 0 Å². The number of aliphatic imine (C=N–C) groups is 1. The van der Waals surface area contributed by atoms with Crippen molar-refractivity contribution < 1.29 is 9.53 Å². The number of allylic oxidation sites excluding steroid dienone is 1. The van der Waals surface area contributed by atoms with Gasteiger partial charge in [-0.15, -0.1) is 6.58 Å². The smallest absolute Gasteiger partial charge is 0.243 e. The highest BCUT2D eigenvalue weighted by molar-refractivity contribution is 5.84. The minimum absolute atomic E-state index is 0.00887. The number of carbonyl (C=O) groups excluding carboxylic acids is 1. The normalized spacial score (nSPS) is 11.2. The summed E-state index contributed by atoms with van der Waals surface area (Å²) in [6, 6.07) is 0. The third-order valence-corrected chi connectivity index (χ3v) is 3.22. The zero-order valence-electron chi connectivity index (χ0n) is 14.6. The molecule has 0 aromatic carbocycles. The van der Waals surface area contributed by atoms with Crippen molar-refractivity contribution in [2.24, 2.45) is 4.99 Å². The van der Waals surface area contributed by atoms with Gasteiger partial charge in [-0.1, -0.05) is 12.5 Å². The molecule has 0 spiro atoms. The van der Waals surface area contributed by atoms with E-state index in [9.17, 15) is 4.79 Å². The van der Waals surface area contributed by atoms with Gasteiger partial charge in [0.1, 0.15) is 6.54 Å². The van der Waals surface area contributed by atoms with Crippen molar-refractivity contribution in [2.75, 3.05) is 54.5 Å². The molecule has 0 aliphatic rings. The van der Waals surface area contributed by atoms with E-state index in [-0.39, 0.29) is 12.5 Å². The summed E-state index contributed by atoms with van der Waals surface area (Å²) in [6.45, 7) is 6.07. The van der Waals surface area contributed by atoms with Crippen molar-refractivity contribution >= 4 is 11.9 Å². The average molecular weight is 312 g/mol. The van der Waals surface area contributed by atoms with E-state index in [1.54, 1.807) is 26.1 Å². The summed E-state index contributed by atoms with van der Waals surface area (Å²) in [7, 11) is 7.13. The molecule has 0 bridgehead atoms. The lowest BCUT2D eigenvalue weighted by Gasteiger charge is -2.22. The van der Waals surface area contributed by atoms with E-state index in [2.05, 4.69) is 21.8 Å². The summed E-state index contributed by atoms with van der Waals surface area (Å²) in [4.78, 5) is 19.7. The minimum atomic E-state index is -0.00887. The SMILES string of the molecule is C=CCCCCCN(C)C(=NCC(=O)N(C)C)NCCOC. The van der Waals surface area contributed by atoms with Crippen LogP contribution in [0.2, 0.25) is 0 Å². The zero-order valence-corrected chi connectivity index (χ0v) is 14.6. The Kier molecular flexibility index (Phi) is 12.2. The molecule has 6 nitrogen and oxygen atoms in total. The third kappa shape index (κ3) is 10.2. The molecular formula is C16H32N4O2. The largest absolute Gasteiger partial charge is 0.383 e. The van der Waals surface area contributed by atoms with Crippen LogP contribution < -0.4 is 5.32 Å². The maximum absolute atomic E-state index is 11.7. The minimum Gasteiger partial charge on any atom is -0.383 e. The molecule has 22 heavy (non-hydrogen) atoms. The van der Waals surface area contributed by atoms with E-state index in [4.69, 9.17) is 4.74 Å². The van der Waals surface area contributed by atoms with E-state index in [0.29, 0.717) is 13.2 Å². The van der Waals surface area contributed by atoms with Gasteiger partial charge in [0.2, 0.25) is 5.91 Å². The zero-order chi connectivity index (χ0) is 16.8. The van der Waals surface area contributed by atoms with Crippen LogP contribution in [0, 0.1) is 0 Å². The fourth-order valence-corrected chi connectivity index (χ4v) is 1.78. The number of hydrogen-bond acceptors (Lipinski definition) is 3. The fraction of sp³-hybridized carbons (Fsp3) is 0.750. The van der Waals surface area contributed by atoms with Crippen molar-refractivity contribution in [2.45, 2.75) is 25.7 Å². The number of likely N-dealkylation sites (N-methyl/N-ethyl adjacent to an activating group) is 1. The van der Waals surface area contributed by atoms with Crippen LogP contribution in [0.3, 0.4) is 0 Å². The van der Waals surface area contributed by atoms with Crippen molar-refractivity contribution in [1.82, 2.24) is 15.1 Å². The second kappa shape index (κ2) is 13.1. The lowest BCUT2D eigenvalue weighted by atomic mass is 10.2. The van der Waals surface area contributed by atoms with Crippen LogP contribution in [0.1, 0.15) is 25.7 Å². The van der Waals surface area contributed by atoms with Crippen LogP contribution in [0.5, 0.6) is 0 Å². The molecule has 0 atom stereocenters. The van der Waals surface area contributed by atoms with Gasteiger partial charge in [-0.3, -0.25) is 4.79 Å². The van der Waals surface area contributed by atoms with Gasteiger partial charge >= 0.3 is 0 Å². The Labute approximate surface area is 135 Å². The Bertz CT molecular complexity index is 343. The van der Waals surface area contributed by atoms with Crippen molar-refractivity contribution in [3.05, 3.63) is 12.7 Å². The first kappa shape index (κ1) is 20.4. The number of unbranched alkanes of at least 4 members (excludes halogenated alkanes) is 3. The Morgan fingerprint density at radius 3 is 2.59 bits per heavy atom. The van der Waals surface area contributed by atoms with E-state index in [0.717, 1.165) is 25.3 Å². The van der Waals surface area contributed by atoms with Crippen LogP contribution in [-0.2, 0) is 9.53 Å². The maximum atomic E-state index is 11.7. The number of nitrogens with one attached hydrogen (secondary N) is 1. The molecule has 6 heteroatoms. The monoisotopic (exact) mass is 312 g/mol. The van der Waals surface area contributed by atoms with Gasteiger partial charge in [0.25, 0.3) is 0 Å². The summed E-state index contributed by atoms with van der Waals surface area (Å²) in [6.07, 6.45) is 6.44. The number of rotatable bonds is 11. The Hall–Kier alpha value is -1.56. The van der Waals surface area contributed by atoms with Crippen molar-refractivity contribution in [3.63, 3.8) is 0 Å². The highest BCUT2D eigenvalue weighted by Gasteiger charge is 2.08. The summed E-state index contributed by atoms with van der Waals surface area (Å²) in [5, 5.41) is 3.23.